The van der Waals surface area contributed by atoms with Crippen LogP contribution in [0.4, 0.5) is 0 Å². The van der Waals surface area contributed by atoms with Crippen LogP contribution in [-0.2, 0) is 4.84 Å². The molecular weight excluding hydrogens is 268 g/mol. The Balaban J connectivity index is 6.16. The van der Waals surface area contributed by atoms with Gasteiger partial charge in [0.2, 0.25) is 0 Å². The van der Waals surface area contributed by atoms with Crippen molar-refractivity contribution in [2.45, 2.75) is 11.6 Å². The Morgan fingerprint density at radius 2 is 1.33 bits per heavy atom. The molecule has 0 aliphatic carbocycles. The fourth-order valence-corrected chi connectivity index (χ4v) is 0.882. The highest BCUT2D eigenvalue weighted by molar-refractivity contribution is 4.75. The molecule has 18 heavy (non-hydrogen) atoms. The zero-order chi connectivity index (χ0) is 14.7. The highest BCUT2D eigenvalue weighted by Gasteiger charge is 2.86. The van der Waals surface area contributed by atoms with E-state index in [4.69, 9.17) is 10.2 Å². The van der Waals surface area contributed by atoms with E-state index in [0.717, 1.165) is 0 Å². The first-order valence-electron chi connectivity index (χ1n) is 3.66. The minimum Gasteiger partial charge on any atom is -0.385 e. The van der Waals surface area contributed by atoms with Gasteiger partial charge in [-0.3, -0.25) is 30.3 Å². The third-order valence-electron chi connectivity index (χ3n) is 1.74. The highest BCUT2D eigenvalue weighted by Crippen LogP contribution is 2.29. The number of nitro groups is 3. The number of hydrogen-bond donors (Lipinski definition) is 2. The summed E-state index contributed by atoms with van der Waals surface area (Å²) in [5, 5.41) is 56.8. The molecule has 2 N–H and O–H groups in total. The molecule has 0 amide bonds. The van der Waals surface area contributed by atoms with Gasteiger partial charge < -0.3 is 10.2 Å². The van der Waals surface area contributed by atoms with Gasteiger partial charge >= 0.3 is 16.7 Å². The van der Waals surface area contributed by atoms with Crippen molar-refractivity contribution in [3.63, 3.8) is 0 Å². The zero-order valence-corrected chi connectivity index (χ0v) is 8.06. The molecule has 0 rings (SSSR count). The minimum atomic E-state index is -4.70. The smallest absolute Gasteiger partial charge is 0.385 e. The van der Waals surface area contributed by atoms with Gasteiger partial charge in [-0.2, -0.15) is 4.84 Å². The molecule has 0 aromatic heterocycles. The van der Waals surface area contributed by atoms with E-state index in [0.29, 0.717) is 0 Å². The molecule has 0 saturated heterocycles. The average molecular weight is 272 g/mol. The van der Waals surface area contributed by atoms with Crippen LogP contribution < -0.4 is 0 Å². The monoisotopic (exact) mass is 272 g/mol. The largest absolute Gasteiger partial charge is 0.715 e. The zero-order valence-electron chi connectivity index (χ0n) is 8.06. The van der Waals surface area contributed by atoms with Crippen molar-refractivity contribution >= 4 is 0 Å². The van der Waals surface area contributed by atoms with E-state index in [2.05, 4.69) is 4.84 Å². The molecule has 1 atom stereocenters. The average Bonchev–Trinajstić information content (AvgIpc) is 2.23. The van der Waals surface area contributed by atoms with Crippen molar-refractivity contribution in [3.05, 3.63) is 40.5 Å². The molecule has 0 aliphatic heterocycles. The van der Waals surface area contributed by atoms with Crippen LogP contribution in [0.15, 0.2) is 0 Å². The Bertz CT molecular complexity index is 391. The maximum atomic E-state index is 10.5. The summed E-state index contributed by atoms with van der Waals surface area (Å²) in [6.45, 7) is -2.17. The van der Waals surface area contributed by atoms with Crippen LogP contribution in [0.3, 0.4) is 0 Å². The second kappa shape index (κ2) is 4.67. The second-order valence-corrected chi connectivity index (χ2v) is 2.67. The maximum Gasteiger partial charge on any atom is 0.715 e. The van der Waals surface area contributed by atoms with Gasteiger partial charge in [-0.25, -0.2) is 0 Å². The van der Waals surface area contributed by atoms with Crippen LogP contribution in [0.25, 0.3) is 0 Å². The SMILES string of the molecule is O=[N+]([O-])OC([N+](=O)[O-])([N+](=O)[O-])C(O)(CO)[N+](=O)[O-]. The third-order valence-corrected chi connectivity index (χ3v) is 1.74. The predicted octanol–water partition coefficient (Wildman–Crippen LogP) is -2.64. The van der Waals surface area contributed by atoms with E-state index in [1.165, 1.54) is 0 Å². The van der Waals surface area contributed by atoms with Crippen molar-refractivity contribution in [1.29, 1.82) is 0 Å². The van der Waals surface area contributed by atoms with Gasteiger partial charge in [0.05, 0.1) is 4.92 Å². The van der Waals surface area contributed by atoms with Crippen LogP contribution >= 0.6 is 0 Å². The molecule has 15 nitrogen and oxygen atoms in total. The van der Waals surface area contributed by atoms with Gasteiger partial charge in [-0.15, -0.1) is 10.1 Å². The summed E-state index contributed by atoms with van der Waals surface area (Å²) in [6, 6.07) is 0. The van der Waals surface area contributed by atoms with Crippen LogP contribution in [-0.4, -0.2) is 48.3 Å². The van der Waals surface area contributed by atoms with Gasteiger partial charge in [0.25, 0.3) is 0 Å². The predicted molar refractivity (Wildman–Crippen MR) is 43.8 cm³/mol. The molecule has 15 heteroatoms. The molecule has 0 aliphatic rings. The fraction of sp³-hybridized carbons (Fsp3) is 1.00. The molecule has 0 radical (unpaired) electrons. The van der Waals surface area contributed by atoms with Crippen LogP contribution in [0.1, 0.15) is 0 Å². The summed E-state index contributed by atoms with van der Waals surface area (Å²) in [5.41, 5.74) is -4.35. The molecular formula is C3H4N4O11. The first-order chi connectivity index (χ1) is 8.06. The molecule has 0 fully saturated rings. The normalized spacial score (nSPS) is 14.3. The van der Waals surface area contributed by atoms with E-state index in [9.17, 15) is 40.5 Å². The molecule has 0 spiro atoms. The number of hydrogen-bond acceptors (Lipinski definition) is 11. The Kier molecular flexibility index (Phi) is 3.98. The lowest BCUT2D eigenvalue weighted by atomic mass is 10.1. The topological polar surface area (TPSA) is 222 Å². The summed E-state index contributed by atoms with van der Waals surface area (Å²) in [7, 11) is 0. The summed E-state index contributed by atoms with van der Waals surface area (Å²) >= 11 is 0. The summed E-state index contributed by atoms with van der Waals surface area (Å²) in [4.78, 5) is 37.9. The molecule has 0 aromatic rings. The van der Waals surface area contributed by atoms with Crippen molar-refractivity contribution in [1.82, 2.24) is 0 Å². The fourth-order valence-electron chi connectivity index (χ4n) is 0.882. The van der Waals surface area contributed by atoms with E-state index in [-0.39, 0.29) is 0 Å². The van der Waals surface area contributed by atoms with Crippen molar-refractivity contribution in [2.75, 3.05) is 6.61 Å². The maximum absolute atomic E-state index is 10.5. The number of aliphatic hydroxyl groups is 2. The van der Waals surface area contributed by atoms with Crippen LogP contribution in [0, 0.1) is 40.5 Å². The second-order valence-electron chi connectivity index (χ2n) is 2.67. The number of aliphatic hydroxyl groups excluding tert-OH is 1. The van der Waals surface area contributed by atoms with Crippen LogP contribution in [0.5, 0.6) is 0 Å². The molecule has 0 heterocycles. The Labute approximate surface area is 94.7 Å². The molecule has 0 aromatic carbocycles. The van der Waals surface area contributed by atoms with Crippen LogP contribution in [0.2, 0.25) is 0 Å². The van der Waals surface area contributed by atoms with Gasteiger partial charge in [-0.1, -0.05) is 0 Å². The van der Waals surface area contributed by atoms with Crippen molar-refractivity contribution in [3.8, 4) is 0 Å². The van der Waals surface area contributed by atoms with Gasteiger partial charge in [0.1, 0.15) is 9.85 Å². The van der Waals surface area contributed by atoms with Crippen molar-refractivity contribution in [2.24, 2.45) is 0 Å². The van der Waals surface area contributed by atoms with E-state index < -0.39 is 38.0 Å². The summed E-state index contributed by atoms with van der Waals surface area (Å²) < 4.78 is 0. The van der Waals surface area contributed by atoms with Crippen molar-refractivity contribution < 1.29 is 34.9 Å². The lowest BCUT2D eigenvalue weighted by Crippen LogP contribution is -2.71. The summed E-state index contributed by atoms with van der Waals surface area (Å²) in [6.07, 6.45) is 0. The third kappa shape index (κ3) is 1.94. The minimum absolute atomic E-state index is 2.04. The lowest BCUT2D eigenvalue weighted by molar-refractivity contribution is -1.00. The quantitative estimate of drug-likeness (QED) is 0.276. The molecule has 102 valence electrons. The van der Waals surface area contributed by atoms with Gasteiger partial charge in [0.15, 0.2) is 6.61 Å². The van der Waals surface area contributed by atoms with E-state index >= 15 is 0 Å². The molecule has 0 saturated carbocycles. The first-order valence-corrected chi connectivity index (χ1v) is 3.66. The number of rotatable bonds is 7. The highest BCUT2D eigenvalue weighted by atomic mass is 17.0. The van der Waals surface area contributed by atoms with Gasteiger partial charge in [0, 0.05) is 0 Å². The standard InChI is InChI=1S/C3H4N4O11/c8-1-2(9,4(10)11)3(5(12)13,6(14)15)18-7(16)17/h8-9H,1H2. The first kappa shape index (κ1) is 15.3. The Hall–Kier alpha value is -2.68. The lowest BCUT2D eigenvalue weighted by Gasteiger charge is -2.21. The molecule has 1 unspecified atom stereocenters. The van der Waals surface area contributed by atoms with E-state index in [1.807, 2.05) is 0 Å². The number of nitrogens with zero attached hydrogens (tertiary/aromatic N) is 4. The Morgan fingerprint density at radius 3 is 1.50 bits per heavy atom. The molecule has 0 bridgehead atoms. The van der Waals surface area contributed by atoms with E-state index in [1.54, 1.807) is 0 Å². The Morgan fingerprint density at radius 1 is 0.944 bits per heavy atom. The van der Waals surface area contributed by atoms with Gasteiger partial charge in [-0.05, 0) is 0 Å². The summed E-state index contributed by atoms with van der Waals surface area (Å²) in [5.74, 6) is -4.70.